The van der Waals surface area contributed by atoms with Gasteiger partial charge in [0, 0.05) is 6.07 Å². The molecule has 0 unspecified atom stereocenters. The van der Waals surface area contributed by atoms with Gasteiger partial charge in [-0.1, -0.05) is 42.5 Å². The average Bonchev–Trinajstić information content (AvgIpc) is 2.66. The van der Waals surface area contributed by atoms with E-state index < -0.39 is 29.4 Å². The molecule has 0 fully saturated rings. The minimum absolute atomic E-state index is 0.00289. The third-order valence-corrected chi connectivity index (χ3v) is 3.56. The highest BCUT2D eigenvalue weighted by Gasteiger charge is 2.20. The Morgan fingerprint density at radius 3 is 2.42 bits per heavy atom. The second kappa shape index (κ2) is 9.16. The number of para-hydroxylation sites is 2. The number of nitro groups is 1. The predicted octanol–water partition coefficient (Wildman–Crippen LogP) is 2.39. The molecule has 0 aliphatic heterocycles. The Morgan fingerprint density at radius 2 is 1.77 bits per heavy atom. The molecule has 2 rings (SSSR count). The van der Waals surface area contributed by atoms with Gasteiger partial charge in [0.1, 0.15) is 0 Å². The van der Waals surface area contributed by atoms with Gasteiger partial charge in [0.25, 0.3) is 5.91 Å². The summed E-state index contributed by atoms with van der Waals surface area (Å²) in [7, 11) is 1.27. The summed E-state index contributed by atoms with van der Waals surface area (Å²) in [6.07, 6.45) is -0.0439. The summed E-state index contributed by atoms with van der Waals surface area (Å²) < 4.78 is 9.92. The maximum absolute atomic E-state index is 12.2. The first-order chi connectivity index (χ1) is 12.5. The summed E-state index contributed by atoms with van der Waals surface area (Å²) in [5, 5.41) is 13.6. The molecule has 2 aromatic carbocycles. The van der Waals surface area contributed by atoms with Crippen LogP contribution in [0.2, 0.25) is 0 Å². The highest BCUT2D eigenvalue weighted by molar-refractivity contribution is 5.79. The smallest absolute Gasteiger partial charge is 0.310 e. The molecule has 2 aromatic rings. The molecule has 0 saturated heterocycles. The molecule has 8 nitrogen and oxygen atoms in total. The molecule has 0 spiro atoms. The second-order valence-corrected chi connectivity index (χ2v) is 5.32. The number of hydrogen-bond donors (Lipinski definition) is 1. The van der Waals surface area contributed by atoms with E-state index in [2.05, 4.69) is 10.1 Å². The number of amides is 1. The molecular weight excluding hydrogens is 340 g/mol. The molecule has 0 aliphatic carbocycles. The highest BCUT2D eigenvalue weighted by atomic mass is 16.6. The third kappa shape index (κ3) is 5.30. The van der Waals surface area contributed by atoms with Crippen LogP contribution < -0.4 is 10.1 Å². The minimum Gasteiger partial charge on any atom is -0.477 e. The lowest BCUT2D eigenvalue weighted by atomic mass is 10.0. The SMILES string of the molecule is COC(=O)C[C@H](NC(=O)COc1ccccc1[N+](=O)[O-])c1ccccc1. The predicted molar refractivity (Wildman–Crippen MR) is 92.6 cm³/mol. The van der Waals surface area contributed by atoms with Crippen molar-refractivity contribution in [2.75, 3.05) is 13.7 Å². The molecule has 136 valence electrons. The van der Waals surface area contributed by atoms with Crippen LogP contribution >= 0.6 is 0 Å². The number of benzene rings is 2. The second-order valence-electron chi connectivity index (χ2n) is 5.32. The van der Waals surface area contributed by atoms with E-state index in [-0.39, 0.29) is 17.9 Å². The molecule has 0 heterocycles. The fourth-order valence-electron chi connectivity index (χ4n) is 2.30. The Balaban J connectivity index is 2.03. The summed E-state index contributed by atoms with van der Waals surface area (Å²) in [5.74, 6) is -0.989. The third-order valence-electron chi connectivity index (χ3n) is 3.56. The van der Waals surface area contributed by atoms with Gasteiger partial charge in [0.05, 0.1) is 24.5 Å². The van der Waals surface area contributed by atoms with Gasteiger partial charge in [0.15, 0.2) is 12.4 Å². The van der Waals surface area contributed by atoms with E-state index in [4.69, 9.17) is 4.74 Å². The number of nitrogens with one attached hydrogen (secondary N) is 1. The molecule has 1 amide bonds. The van der Waals surface area contributed by atoms with Crippen LogP contribution in [0, 0.1) is 10.1 Å². The number of carbonyl (C=O) groups is 2. The van der Waals surface area contributed by atoms with Crippen LogP contribution in [0.1, 0.15) is 18.0 Å². The van der Waals surface area contributed by atoms with Crippen molar-refractivity contribution in [2.24, 2.45) is 0 Å². The Labute approximate surface area is 149 Å². The van der Waals surface area contributed by atoms with Crippen molar-refractivity contribution in [2.45, 2.75) is 12.5 Å². The van der Waals surface area contributed by atoms with Crippen molar-refractivity contribution in [3.05, 3.63) is 70.3 Å². The van der Waals surface area contributed by atoms with Gasteiger partial charge in [-0.25, -0.2) is 0 Å². The normalized spacial score (nSPS) is 11.3. The number of carbonyl (C=O) groups excluding carboxylic acids is 2. The molecule has 26 heavy (non-hydrogen) atoms. The standard InChI is InChI=1S/C18H18N2O6/c1-25-18(22)11-14(13-7-3-2-4-8-13)19-17(21)12-26-16-10-6-5-9-15(16)20(23)24/h2-10,14H,11-12H2,1H3,(H,19,21)/t14-/m0/s1. The van der Waals surface area contributed by atoms with Gasteiger partial charge in [-0.2, -0.15) is 0 Å². The first-order valence-electron chi connectivity index (χ1n) is 7.78. The van der Waals surface area contributed by atoms with Crippen molar-refractivity contribution < 1.29 is 24.0 Å². The van der Waals surface area contributed by atoms with E-state index in [1.165, 1.54) is 25.3 Å². The molecule has 0 saturated carbocycles. The fraction of sp³-hybridized carbons (Fsp3) is 0.222. The maximum atomic E-state index is 12.2. The highest BCUT2D eigenvalue weighted by Crippen LogP contribution is 2.25. The topological polar surface area (TPSA) is 108 Å². The molecular formula is C18H18N2O6. The number of nitrogens with zero attached hydrogens (tertiary/aromatic N) is 1. The Bertz CT molecular complexity index is 778. The van der Waals surface area contributed by atoms with Gasteiger partial charge in [-0.3, -0.25) is 19.7 Å². The van der Waals surface area contributed by atoms with Crippen molar-refractivity contribution in [1.29, 1.82) is 0 Å². The van der Waals surface area contributed by atoms with Crippen LogP contribution in [0.5, 0.6) is 5.75 Å². The van der Waals surface area contributed by atoms with E-state index in [0.717, 1.165) is 5.56 Å². The molecule has 1 atom stereocenters. The summed E-state index contributed by atoms with van der Waals surface area (Å²) in [5.41, 5.74) is 0.506. The molecule has 8 heteroatoms. The molecule has 0 aliphatic rings. The van der Waals surface area contributed by atoms with Crippen LogP contribution in [-0.4, -0.2) is 30.5 Å². The Kier molecular flexibility index (Phi) is 6.67. The number of ether oxygens (including phenoxy) is 2. The van der Waals surface area contributed by atoms with Gasteiger partial charge in [-0.15, -0.1) is 0 Å². The van der Waals surface area contributed by atoms with E-state index in [1.54, 1.807) is 30.3 Å². The van der Waals surface area contributed by atoms with Crippen molar-refractivity contribution >= 4 is 17.6 Å². The van der Waals surface area contributed by atoms with Gasteiger partial charge >= 0.3 is 11.7 Å². The first kappa shape index (κ1) is 18.9. The number of rotatable bonds is 8. The van der Waals surface area contributed by atoms with E-state index in [9.17, 15) is 19.7 Å². The number of methoxy groups -OCH3 is 1. The number of esters is 1. The molecule has 0 radical (unpaired) electrons. The monoisotopic (exact) mass is 358 g/mol. The van der Waals surface area contributed by atoms with Crippen molar-refractivity contribution in [3.63, 3.8) is 0 Å². The molecule has 0 aromatic heterocycles. The zero-order valence-corrected chi connectivity index (χ0v) is 14.1. The van der Waals surface area contributed by atoms with Crippen LogP contribution in [-0.2, 0) is 14.3 Å². The van der Waals surface area contributed by atoms with Crippen LogP contribution in [0.25, 0.3) is 0 Å². The van der Waals surface area contributed by atoms with Crippen LogP contribution in [0.3, 0.4) is 0 Å². The number of nitro benzene ring substituents is 1. The minimum atomic E-state index is -0.592. The van der Waals surface area contributed by atoms with E-state index in [0.29, 0.717) is 0 Å². The number of hydrogen-bond acceptors (Lipinski definition) is 6. The fourth-order valence-corrected chi connectivity index (χ4v) is 2.30. The molecule has 1 N–H and O–H groups in total. The van der Waals surface area contributed by atoms with Gasteiger partial charge in [0.2, 0.25) is 0 Å². The average molecular weight is 358 g/mol. The summed E-state index contributed by atoms with van der Waals surface area (Å²) in [6.45, 7) is -0.421. The quantitative estimate of drug-likeness (QED) is 0.441. The summed E-state index contributed by atoms with van der Waals surface area (Å²) in [4.78, 5) is 34.2. The van der Waals surface area contributed by atoms with Crippen molar-refractivity contribution in [3.8, 4) is 5.75 Å². The van der Waals surface area contributed by atoms with Gasteiger partial charge < -0.3 is 14.8 Å². The largest absolute Gasteiger partial charge is 0.477 e. The van der Waals surface area contributed by atoms with Crippen LogP contribution in [0.15, 0.2) is 54.6 Å². The first-order valence-corrected chi connectivity index (χ1v) is 7.78. The van der Waals surface area contributed by atoms with Crippen LogP contribution in [0.4, 0.5) is 5.69 Å². The zero-order chi connectivity index (χ0) is 18.9. The van der Waals surface area contributed by atoms with Gasteiger partial charge in [-0.05, 0) is 11.6 Å². The summed E-state index contributed by atoms with van der Waals surface area (Å²) >= 11 is 0. The lowest BCUT2D eigenvalue weighted by molar-refractivity contribution is -0.385. The van der Waals surface area contributed by atoms with Crippen molar-refractivity contribution in [1.82, 2.24) is 5.32 Å². The lowest BCUT2D eigenvalue weighted by Gasteiger charge is -2.18. The maximum Gasteiger partial charge on any atom is 0.310 e. The van der Waals surface area contributed by atoms with E-state index in [1.807, 2.05) is 6.07 Å². The zero-order valence-electron chi connectivity index (χ0n) is 14.1. The Hall–Kier alpha value is -3.42. The molecule has 0 bridgehead atoms. The summed E-state index contributed by atoms with van der Waals surface area (Å²) in [6, 6.07) is 14.1. The Morgan fingerprint density at radius 1 is 1.12 bits per heavy atom. The van der Waals surface area contributed by atoms with E-state index >= 15 is 0 Å². The lowest BCUT2D eigenvalue weighted by Crippen LogP contribution is -2.34.